The topological polar surface area (TPSA) is 4.93 Å². The largest absolute Gasteiger partial charge is 0.335 e. The molecule has 0 saturated carbocycles. The summed E-state index contributed by atoms with van der Waals surface area (Å²) in [6, 6.07) is 17.6. The van der Waals surface area contributed by atoms with Crippen LogP contribution in [0.25, 0.3) is 21.8 Å². The molecule has 0 aliphatic rings. The number of benzene rings is 2. The summed E-state index contributed by atoms with van der Waals surface area (Å²) in [5.74, 6) is 0. The summed E-state index contributed by atoms with van der Waals surface area (Å²) in [6.07, 6.45) is 3.74. The lowest BCUT2D eigenvalue weighted by Crippen LogP contribution is -2.25. The molecule has 0 N–H and O–H groups in total. The monoisotopic (exact) mass is 265 g/mol. The van der Waals surface area contributed by atoms with Crippen LogP contribution in [0.5, 0.6) is 0 Å². The van der Waals surface area contributed by atoms with Crippen LogP contribution < -0.4 is 0 Å². The van der Waals surface area contributed by atoms with E-state index in [1.807, 2.05) is 0 Å². The maximum atomic E-state index is 2.54. The molecule has 0 fully saturated rings. The molecular formula is C19H23N. The average Bonchev–Trinajstić information content (AvgIpc) is 2.80. The summed E-state index contributed by atoms with van der Waals surface area (Å²) >= 11 is 0. The minimum absolute atomic E-state index is 0.152. The molecule has 20 heavy (non-hydrogen) atoms. The van der Waals surface area contributed by atoms with Gasteiger partial charge in [-0.25, -0.2) is 0 Å². The van der Waals surface area contributed by atoms with E-state index in [2.05, 4.69) is 73.9 Å². The summed E-state index contributed by atoms with van der Waals surface area (Å²) < 4.78 is 2.54. The van der Waals surface area contributed by atoms with Crippen molar-refractivity contribution in [1.82, 2.24) is 4.57 Å². The van der Waals surface area contributed by atoms with E-state index >= 15 is 0 Å². The standard InChI is InChI=1S/C19H23N/c1-4-5-14-19(2,3)20-17-12-8-6-10-15(17)16-11-7-9-13-18(16)20/h6-13H,4-5,14H2,1-3H3. The van der Waals surface area contributed by atoms with Crippen LogP contribution in [0.15, 0.2) is 48.5 Å². The fraction of sp³-hybridized carbons (Fsp3) is 0.368. The number of para-hydroxylation sites is 2. The highest BCUT2D eigenvalue weighted by molar-refractivity contribution is 6.08. The second-order valence-electron chi connectivity index (χ2n) is 6.29. The summed E-state index contributed by atoms with van der Waals surface area (Å²) in [4.78, 5) is 0. The molecule has 2 aromatic carbocycles. The Morgan fingerprint density at radius 3 is 1.85 bits per heavy atom. The third-order valence-corrected chi connectivity index (χ3v) is 4.33. The van der Waals surface area contributed by atoms with Crippen molar-refractivity contribution in [2.75, 3.05) is 0 Å². The highest BCUT2D eigenvalue weighted by Crippen LogP contribution is 2.35. The van der Waals surface area contributed by atoms with E-state index in [-0.39, 0.29) is 5.54 Å². The highest BCUT2D eigenvalue weighted by atomic mass is 15.1. The number of unbranched alkanes of at least 4 members (excludes halogenated alkanes) is 1. The molecular weight excluding hydrogens is 242 g/mol. The van der Waals surface area contributed by atoms with Crippen LogP contribution in [0.3, 0.4) is 0 Å². The van der Waals surface area contributed by atoms with Gasteiger partial charge in [0, 0.05) is 27.3 Å². The minimum atomic E-state index is 0.152. The van der Waals surface area contributed by atoms with Gasteiger partial charge in [0.05, 0.1) is 0 Å². The van der Waals surface area contributed by atoms with Gasteiger partial charge in [0.15, 0.2) is 0 Å². The van der Waals surface area contributed by atoms with Gasteiger partial charge in [-0.1, -0.05) is 56.2 Å². The van der Waals surface area contributed by atoms with E-state index in [9.17, 15) is 0 Å². The highest BCUT2D eigenvalue weighted by Gasteiger charge is 2.24. The second kappa shape index (κ2) is 4.97. The van der Waals surface area contributed by atoms with Crippen molar-refractivity contribution >= 4 is 21.8 Å². The van der Waals surface area contributed by atoms with Crippen molar-refractivity contribution in [1.29, 1.82) is 0 Å². The predicted molar refractivity (Wildman–Crippen MR) is 88.3 cm³/mol. The smallest absolute Gasteiger partial charge is 0.0496 e. The fourth-order valence-corrected chi connectivity index (χ4v) is 3.30. The first-order valence-corrected chi connectivity index (χ1v) is 7.64. The third-order valence-electron chi connectivity index (χ3n) is 4.33. The van der Waals surface area contributed by atoms with Gasteiger partial charge in [0.1, 0.15) is 0 Å². The lowest BCUT2D eigenvalue weighted by molar-refractivity contribution is 0.337. The Hall–Kier alpha value is -1.76. The maximum Gasteiger partial charge on any atom is 0.0496 e. The second-order valence-corrected chi connectivity index (χ2v) is 6.29. The van der Waals surface area contributed by atoms with E-state index < -0.39 is 0 Å². The number of aromatic nitrogens is 1. The lowest BCUT2D eigenvalue weighted by Gasteiger charge is -2.29. The molecule has 0 radical (unpaired) electrons. The third kappa shape index (κ3) is 2.02. The molecule has 0 atom stereocenters. The quantitative estimate of drug-likeness (QED) is 0.568. The van der Waals surface area contributed by atoms with Gasteiger partial charge in [-0.3, -0.25) is 0 Å². The summed E-state index contributed by atoms with van der Waals surface area (Å²) in [5, 5.41) is 2.74. The van der Waals surface area contributed by atoms with Crippen molar-refractivity contribution in [3.8, 4) is 0 Å². The molecule has 1 heteroatoms. The number of fused-ring (bicyclic) bond motifs is 3. The Labute approximate surface area is 121 Å². The van der Waals surface area contributed by atoms with Gasteiger partial charge in [0.25, 0.3) is 0 Å². The van der Waals surface area contributed by atoms with Gasteiger partial charge in [-0.05, 0) is 32.4 Å². The van der Waals surface area contributed by atoms with Crippen LogP contribution in [-0.4, -0.2) is 4.57 Å². The van der Waals surface area contributed by atoms with Crippen LogP contribution in [0.2, 0.25) is 0 Å². The number of rotatable bonds is 4. The molecule has 3 aromatic rings. The van der Waals surface area contributed by atoms with Gasteiger partial charge in [-0.2, -0.15) is 0 Å². The molecule has 0 unspecified atom stereocenters. The van der Waals surface area contributed by atoms with E-state index in [0.29, 0.717) is 0 Å². The van der Waals surface area contributed by atoms with E-state index in [1.165, 1.54) is 41.1 Å². The van der Waals surface area contributed by atoms with Gasteiger partial charge >= 0.3 is 0 Å². The number of hydrogen-bond acceptors (Lipinski definition) is 0. The fourth-order valence-electron chi connectivity index (χ4n) is 3.30. The van der Waals surface area contributed by atoms with Crippen molar-refractivity contribution < 1.29 is 0 Å². The predicted octanol–water partition coefficient (Wildman–Crippen LogP) is 5.72. The van der Waals surface area contributed by atoms with E-state index in [1.54, 1.807) is 0 Å². The first-order valence-electron chi connectivity index (χ1n) is 7.64. The molecule has 0 aliphatic carbocycles. The Kier molecular flexibility index (Phi) is 3.29. The molecule has 0 bridgehead atoms. The van der Waals surface area contributed by atoms with Gasteiger partial charge in [-0.15, -0.1) is 0 Å². The van der Waals surface area contributed by atoms with E-state index in [0.717, 1.165) is 0 Å². The van der Waals surface area contributed by atoms with Crippen molar-refractivity contribution in [3.05, 3.63) is 48.5 Å². The molecule has 0 aliphatic heterocycles. The Morgan fingerprint density at radius 2 is 1.35 bits per heavy atom. The molecule has 1 nitrogen and oxygen atoms in total. The average molecular weight is 265 g/mol. The zero-order valence-electron chi connectivity index (χ0n) is 12.7. The SMILES string of the molecule is CCCCC(C)(C)n1c2ccccc2c2ccccc21. The molecule has 1 aromatic heterocycles. The normalized spacial score (nSPS) is 12.3. The molecule has 0 saturated heterocycles. The molecule has 104 valence electrons. The number of nitrogens with zero attached hydrogens (tertiary/aromatic N) is 1. The van der Waals surface area contributed by atoms with Crippen LogP contribution >= 0.6 is 0 Å². The summed E-state index contributed by atoms with van der Waals surface area (Å²) in [7, 11) is 0. The zero-order valence-corrected chi connectivity index (χ0v) is 12.7. The first kappa shape index (κ1) is 13.2. The zero-order chi connectivity index (χ0) is 14.2. The van der Waals surface area contributed by atoms with Crippen LogP contribution in [-0.2, 0) is 5.54 Å². The first-order chi connectivity index (χ1) is 9.65. The minimum Gasteiger partial charge on any atom is -0.335 e. The van der Waals surface area contributed by atoms with Crippen LogP contribution in [0, 0.1) is 0 Å². The summed E-state index contributed by atoms with van der Waals surface area (Å²) in [5.41, 5.74) is 2.86. The van der Waals surface area contributed by atoms with Gasteiger partial charge < -0.3 is 4.57 Å². The van der Waals surface area contributed by atoms with Crippen LogP contribution in [0.1, 0.15) is 40.0 Å². The van der Waals surface area contributed by atoms with Crippen molar-refractivity contribution in [3.63, 3.8) is 0 Å². The number of hydrogen-bond donors (Lipinski definition) is 0. The van der Waals surface area contributed by atoms with Crippen LogP contribution in [0.4, 0.5) is 0 Å². The molecule has 3 rings (SSSR count). The Balaban J connectivity index is 2.31. The summed E-state index contributed by atoms with van der Waals surface area (Å²) in [6.45, 7) is 6.99. The van der Waals surface area contributed by atoms with Gasteiger partial charge in [0.2, 0.25) is 0 Å². The Bertz CT molecular complexity index is 680. The maximum absolute atomic E-state index is 2.54. The van der Waals surface area contributed by atoms with Crippen molar-refractivity contribution in [2.45, 2.75) is 45.6 Å². The molecule has 0 amide bonds. The van der Waals surface area contributed by atoms with Crippen molar-refractivity contribution in [2.24, 2.45) is 0 Å². The molecule has 0 spiro atoms. The molecule has 1 heterocycles. The van der Waals surface area contributed by atoms with E-state index in [4.69, 9.17) is 0 Å². The lowest BCUT2D eigenvalue weighted by atomic mass is 9.96. The Morgan fingerprint density at radius 1 is 0.850 bits per heavy atom.